The van der Waals surface area contributed by atoms with E-state index in [1.54, 1.807) is 0 Å². The van der Waals surface area contributed by atoms with Crippen LogP contribution in [0.1, 0.15) is 23.5 Å². The molecule has 23 heavy (non-hydrogen) atoms. The Morgan fingerprint density at radius 3 is 2.35 bits per heavy atom. The minimum Gasteiger partial charge on any atom is -0.449 e. The number of hydrogen-bond donors (Lipinski definition) is 2. The lowest BCUT2D eigenvalue weighted by atomic mass is 9.98. The molecule has 1 heterocycles. The van der Waals surface area contributed by atoms with Gasteiger partial charge in [0.1, 0.15) is 6.61 Å². The van der Waals surface area contributed by atoms with Gasteiger partial charge in [0.15, 0.2) is 0 Å². The van der Waals surface area contributed by atoms with Gasteiger partial charge in [0.05, 0.1) is 0 Å². The van der Waals surface area contributed by atoms with E-state index in [4.69, 9.17) is 4.74 Å². The molecule has 2 aliphatic rings. The summed E-state index contributed by atoms with van der Waals surface area (Å²) in [7, 11) is 0. The normalized spacial score (nSPS) is 19.2. The summed E-state index contributed by atoms with van der Waals surface area (Å²) in [5.41, 5.74) is 4.97. The molecule has 4 heteroatoms. The second-order valence-corrected chi connectivity index (χ2v) is 6.16. The lowest BCUT2D eigenvalue weighted by Crippen LogP contribution is -2.37. The van der Waals surface area contributed by atoms with E-state index in [1.807, 2.05) is 12.1 Å². The average molecular weight is 308 g/mol. The highest BCUT2D eigenvalue weighted by Crippen LogP contribution is 2.44. The first-order chi connectivity index (χ1) is 11.3. The number of benzene rings is 2. The second-order valence-electron chi connectivity index (χ2n) is 6.16. The fourth-order valence-electron chi connectivity index (χ4n) is 3.58. The van der Waals surface area contributed by atoms with Crippen molar-refractivity contribution in [3.63, 3.8) is 0 Å². The van der Waals surface area contributed by atoms with E-state index in [0.29, 0.717) is 6.61 Å². The molecule has 0 radical (unpaired) electrons. The molecule has 4 nitrogen and oxygen atoms in total. The van der Waals surface area contributed by atoms with E-state index in [9.17, 15) is 4.79 Å². The van der Waals surface area contributed by atoms with Crippen LogP contribution in [-0.4, -0.2) is 31.8 Å². The van der Waals surface area contributed by atoms with Crippen molar-refractivity contribution in [2.45, 2.75) is 18.4 Å². The molecular weight excluding hydrogens is 288 g/mol. The quantitative estimate of drug-likeness (QED) is 0.916. The predicted octanol–water partition coefficient (Wildman–Crippen LogP) is 2.89. The first-order valence-electron chi connectivity index (χ1n) is 8.15. The standard InChI is InChI=1S/C19H20N2O2/c22-19(21-13-9-10-20-11-13)23-12-18-16-7-3-1-5-14(16)15-6-2-4-8-17(15)18/h1-8,13,18,20H,9-12H2,(H,21,22). The molecule has 2 N–H and O–H groups in total. The number of amides is 1. The van der Waals surface area contributed by atoms with Crippen molar-refractivity contribution in [2.75, 3.05) is 19.7 Å². The highest BCUT2D eigenvalue weighted by Gasteiger charge is 2.29. The van der Waals surface area contributed by atoms with Gasteiger partial charge in [-0.05, 0) is 35.2 Å². The van der Waals surface area contributed by atoms with Crippen molar-refractivity contribution in [1.29, 1.82) is 0 Å². The number of hydrogen-bond acceptors (Lipinski definition) is 3. The summed E-state index contributed by atoms with van der Waals surface area (Å²) >= 11 is 0. The summed E-state index contributed by atoms with van der Waals surface area (Å²) in [5, 5.41) is 6.16. The molecule has 1 atom stereocenters. The van der Waals surface area contributed by atoms with Crippen LogP contribution < -0.4 is 10.6 Å². The molecule has 1 aliphatic carbocycles. The van der Waals surface area contributed by atoms with Crippen LogP contribution in [0.5, 0.6) is 0 Å². The molecule has 118 valence electrons. The minimum absolute atomic E-state index is 0.120. The molecule has 1 saturated heterocycles. The van der Waals surface area contributed by atoms with Crippen LogP contribution in [0.3, 0.4) is 0 Å². The third-order valence-electron chi connectivity index (χ3n) is 4.73. The zero-order valence-electron chi connectivity index (χ0n) is 12.9. The van der Waals surface area contributed by atoms with E-state index < -0.39 is 0 Å². The Hall–Kier alpha value is -2.33. The monoisotopic (exact) mass is 308 g/mol. The van der Waals surface area contributed by atoms with Crippen LogP contribution in [0.15, 0.2) is 48.5 Å². The van der Waals surface area contributed by atoms with Crippen molar-refractivity contribution < 1.29 is 9.53 Å². The van der Waals surface area contributed by atoms with Crippen molar-refractivity contribution in [1.82, 2.24) is 10.6 Å². The summed E-state index contributed by atoms with van der Waals surface area (Å²) in [6.07, 6.45) is 0.644. The molecule has 0 bridgehead atoms. The van der Waals surface area contributed by atoms with Gasteiger partial charge in [-0.2, -0.15) is 0 Å². The number of ether oxygens (including phenoxy) is 1. The van der Waals surface area contributed by atoms with Crippen LogP contribution in [0.4, 0.5) is 4.79 Å². The van der Waals surface area contributed by atoms with Gasteiger partial charge >= 0.3 is 6.09 Å². The van der Waals surface area contributed by atoms with Crippen LogP contribution in [0.25, 0.3) is 11.1 Å². The van der Waals surface area contributed by atoms with Gasteiger partial charge in [0.2, 0.25) is 0 Å². The topological polar surface area (TPSA) is 50.4 Å². The Morgan fingerprint density at radius 1 is 1.09 bits per heavy atom. The van der Waals surface area contributed by atoms with E-state index in [1.165, 1.54) is 22.3 Å². The van der Waals surface area contributed by atoms with E-state index in [0.717, 1.165) is 19.5 Å². The van der Waals surface area contributed by atoms with Gasteiger partial charge < -0.3 is 15.4 Å². The van der Waals surface area contributed by atoms with Gasteiger partial charge in [-0.3, -0.25) is 0 Å². The maximum absolute atomic E-state index is 12.0. The highest BCUT2D eigenvalue weighted by atomic mass is 16.5. The molecule has 2 aromatic rings. The second kappa shape index (κ2) is 6.05. The van der Waals surface area contributed by atoms with Crippen LogP contribution >= 0.6 is 0 Å². The van der Waals surface area contributed by atoms with E-state index in [2.05, 4.69) is 47.0 Å². The predicted molar refractivity (Wildman–Crippen MR) is 89.5 cm³/mol. The Balaban J connectivity index is 1.49. The molecule has 1 aliphatic heterocycles. The van der Waals surface area contributed by atoms with Crippen LogP contribution in [0, 0.1) is 0 Å². The Kier molecular flexibility index (Phi) is 3.75. The summed E-state index contributed by atoms with van der Waals surface area (Å²) < 4.78 is 5.52. The van der Waals surface area contributed by atoms with Crippen LogP contribution in [0.2, 0.25) is 0 Å². The summed E-state index contributed by atoms with van der Waals surface area (Å²) in [6.45, 7) is 2.15. The van der Waals surface area contributed by atoms with Gasteiger partial charge in [-0.25, -0.2) is 4.79 Å². The number of nitrogens with one attached hydrogen (secondary N) is 2. The molecule has 0 spiro atoms. The van der Waals surface area contributed by atoms with Crippen molar-refractivity contribution in [3.8, 4) is 11.1 Å². The molecule has 1 amide bonds. The van der Waals surface area contributed by atoms with Crippen molar-refractivity contribution in [2.24, 2.45) is 0 Å². The number of alkyl carbamates (subject to hydrolysis) is 1. The fraction of sp³-hybridized carbons (Fsp3) is 0.316. The first-order valence-corrected chi connectivity index (χ1v) is 8.15. The molecule has 4 rings (SSSR count). The Bertz CT molecular complexity index is 677. The molecule has 2 aromatic carbocycles. The lowest BCUT2D eigenvalue weighted by Gasteiger charge is -2.16. The van der Waals surface area contributed by atoms with Gasteiger partial charge in [0.25, 0.3) is 0 Å². The van der Waals surface area contributed by atoms with Gasteiger partial charge in [-0.15, -0.1) is 0 Å². The number of rotatable bonds is 3. The minimum atomic E-state index is -0.319. The zero-order valence-corrected chi connectivity index (χ0v) is 12.9. The first kappa shape index (κ1) is 14.3. The average Bonchev–Trinajstić information content (AvgIpc) is 3.19. The zero-order chi connectivity index (χ0) is 15.6. The molecular formula is C19H20N2O2. The fourth-order valence-corrected chi connectivity index (χ4v) is 3.58. The van der Waals surface area contributed by atoms with E-state index >= 15 is 0 Å². The Morgan fingerprint density at radius 2 is 1.74 bits per heavy atom. The lowest BCUT2D eigenvalue weighted by molar-refractivity contribution is 0.139. The third-order valence-corrected chi connectivity index (χ3v) is 4.73. The molecule has 1 unspecified atom stereocenters. The Labute approximate surface area is 135 Å². The summed E-state index contributed by atoms with van der Waals surface area (Å²) in [4.78, 5) is 12.0. The maximum atomic E-state index is 12.0. The van der Waals surface area contributed by atoms with Gasteiger partial charge in [0, 0.05) is 18.5 Å². The number of carbonyl (C=O) groups excluding carboxylic acids is 1. The molecule has 0 aromatic heterocycles. The van der Waals surface area contributed by atoms with Gasteiger partial charge in [-0.1, -0.05) is 48.5 Å². The SMILES string of the molecule is O=C(NC1CCNC1)OCC1c2ccccc2-c2ccccc21. The number of carbonyl (C=O) groups is 1. The van der Waals surface area contributed by atoms with Crippen LogP contribution in [-0.2, 0) is 4.74 Å². The summed E-state index contributed by atoms with van der Waals surface area (Å²) in [6, 6.07) is 16.9. The number of fused-ring (bicyclic) bond motifs is 3. The van der Waals surface area contributed by atoms with Crippen molar-refractivity contribution >= 4 is 6.09 Å². The molecule has 1 fully saturated rings. The largest absolute Gasteiger partial charge is 0.449 e. The maximum Gasteiger partial charge on any atom is 0.407 e. The highest BCUT2D eigenvalue weighted by molar-refractivity contribution is 5.79. The smallest absolute Gasteiger partial charge is 0.407 e. The van der Waals surface area contributed by atoms with Crippen molar-refractivity contribution in [3.05, 3.63) is 59.7 Å². The third kappa shape index (κ3) is 2.70. The summed E-state index contributed by atoms with van der Waals surface area (Å²) in [5.74, 6) is 0.120. The van der Waals surface area contributed by atoms with E-state index in [-0.39, 0.29) is 18.1 Å². The molecule has 0 saturated carbocycles.